The summed E-state index contributed by atoms with van der Waals surface area (Å²) in [5.41, 5.74) is 6.37. The number of aliphatic hydroxyl groups excluding tert-OH is 1. The molecule has 2 unspecified atom stereocenters. The van der Waals surface area contributed by atoms with Crippen molar-refractivity contribution in [2.24, 2.45) is 11.7 Å². The Hall–Kier alpha value is -0.280. The molecule has 0 aliphatic heterocycles. The van der Waals surface area contributed by atoms with Crippen molar-refractivity contribution in [1.82, 2.24) is 0 Å². The first-order valence-corrected chi connectivity index (χ1v) is 5.14. The molecule has 0 saturated carbocycles. The van der Waals surface area contributed by atoms with E-state index in [9.17, 15) is 0 Å². The average molecular weight is 234 g/mol. The minimum absolute atomic E-state index is 0.00671. The number of hydrogen-bond donors (Lipinski definition) is 2. The van der Waals surface area contributed by atoms with E-state index in [4.69, 9.17) is 34.0 Å². The Morgan fingerprint density at radius 3 is 2.50 bits per heavy atom. The maximum Gasteiger partial charge on any atom is 0.105 e. The van der Waals surface area contributed by atoms with Gasteiger partial charge >= 0.3 is 0 Å². The Kier molecular flexibility index (Phi) is 4.20. The van der Waals surface area contributed by atoms with Crippen LogP contribution in [0.25, 0.3) is 0 Å². The topological polar surface area (TPSA) is 46.2 Å². The highest BCUT2D eigenvalue weighted by atomic mass is 35.5. The van der Waals surface area contributed by atoms with Crippen molar-refractivity contribution < 1.29 is 5.11 Å². The molecule has 0 heterocycles. The zero-order chi connectivity index (χ0) is 10.7. The van der Waals surface area contributed by atoms with Gasteiger partial charge < -0.3 is 10.8 Å². The molecule has 1 rings (SSSR count). The average Bonchev–Trinajstić information content (AvgIpc) is 2.11. The third-order valence-electron chi connectivity index (χ3n) is 2.12. The largest absolute Gasteiger partial charge is 0.379 e. The SMILES string of the molecule is CC(Cc1ccc(Cl)c(Cl)c1)C(N)O. The predicted molar refractivity (Wildman–Crippen MR) is 59.5 cm³/mol. The molecule has 0 aliphatic rings. The highest BCUT2D eigenvalue weighted by molar-refractivity contribution is 6.42. The van der Waals surface area contributed by atoms with Gasteiger partial charge in [-0.15, -0.1) is 0 Å². The Balaban J connectivity index is 2.73. The molecule has 0 aromatic heterocycles. The van der Waals surface area contributed by atoms with Gasteiger partial charge in [0.05, 0.1) is 10.0 Å². The van der Waals surface area contributed by atoms with Crippen LogP contribution in [0.2, 0.25) is 10.0 Å². The van der Waals surface area contributed by atoms with Gasteiger partial charge in [0, 0.05) is 0 Å². The van der Waals surface area contributed by atoms with Gasteiger partial charge in [-0.05, 0) is 30.0 Å². The summed E-state index contributed by atoms with van der Waals surface area (Å²) in [6.45, 7) is 1.88. The number of halogens is 2. The number of benzene rings is 1. The van der Waals surface area contributed by atoms with Crippen molar-refractivity contribution in [3.05, 3.63) is 33.8 Å². The first-order chi connectivity index (χ1) is 6.50. The lowest BCUT2D eigenvalue weighted by atomic mass is 10.00. The van der Waals surface area contributed by atoms with E-state index >= 15 is 0 Å². The third kappa shape index (κ3) is 3.14. The minimum Gasteiger partial charge on any atom is -0.379 e. The number of nitrogens with two attached hydrogens (primary N) is 1. The van der Waals surface area contributed by atoms with Gasteiger partial charge in [-0.1, -0.05) is 36.2 Å². The monoisotopic (exact) mass is 233 g/mol. The number of aliphatic hydroxyl groups is 1. The van der Waals surface area contributed by atoms with E-state index in [-0.39, 0.29) is 5.92 Å². The first kappa shape index (κ1) is 11.8. The van der Waals surface area contributed by atoms with Gasteiger partial charge in [-0.2, -0.15) is 0 Å². The molecule has 0 radical (unpaired) electrons. The molecule has 0 aliphatic carbocycles. The summed E-state index contributed by atoms with van der Waals surface area (Å²) in [4.78, 5) is 0. The smallest absolute Gasteiger partial charge is 0.105 e. The van der Waals surface area contributed by atoms with Crippen LogP contribution in [0, 0.1) is 5.92 Å². The van der Waals surface area contributed by atoms with Crippen LogP contribution in [0.3, 0.4) is 0 Å². The van der Waals surface area contributed by atoms with E-state index in [1.54, 1.807) is 12.1 Å². The van der Waals surface area contributed by atoms with Crippen LogP contribution in [0.1, 0.15) is 12.5 Å². The van der Waals surface area contributed by atoms with Gasteiger partial charge in [-0.3, -0.25) is 0 Å². The van der Waals surface area contributed by atoms with E-state index in [1.807, 2.05) is 13.0 Å². The van der Waals surface area contributed by atoms with Crippen LogP contribution in [-0.2, 0) is 6.42 Å². The van der Waals surface area contributed by atoms with Crippen molar-refractivity contribution >= 4 is 23.2 Å². The number of hydrogen-bond acceptors (Lipinski definition) is 2. The van der Waals surface area contributed by atoms with E-state index < -0.39 is 6.23 Å². The molecule has 0 saturated heterocycles. The fourth-order valence-corrected chi connectivity index (χ4v) is 1.48. The molecule has 3 N–H and O–H groups in total. The molecule has 1 aromatic rings. The molecule has 0 fully saturated rings. The van der Waals surface area contributed by atoms with Crippen molar-refractivity contribution in [1.29, 1.82) is 0 Å². The summed E-state index contributed by atoms with van der Waals surface area (Å²) in [6.07, 6.45) is -0.112. The van der Waals surface area contributed by atoms with Crippen LogP contribution < -0.4 is 5.73 Å². The van der Waals surface area contributed by atoms with E-state index in [0.717, 1.165) is 5.56 Å². The minimum atomic E-state index is -0.801. The molecule has 0 spiro atoms. The van der Waals surface area contributed by atoms with Crippen LogP contribution in [0.5, 0.6) is 0 Å². The molecule has 14 heavy (non-hydrogen) atoms. The zero-order valence-corrected chi connectivity index (χ0v) is 9.39. The highest BCUT2D eigenvalue weighted by Gasteiger charge is 2.10. The van der Waals surface area contributed by atoms with Crippen LogP contribution in [0.15, 0.2) is 18.2 Å². The molecule has 78 valence electrons. The third-order valence-corrected chi connectivity index (χ3v) is 2.86. The van der Waals surface area contributed by atoms with E-state index in [0.29, 0.717) is 16.5 Å². The normalized spacial score (nSPS) is 15.2. The maximum atomic E-state index is 9.12. The zero-order valence-electron chi connectivity index (χ0n) is 7.87. The first-order valence-electron chi connectivity index (χ1n) is 4.38. The van der Waals surface area contributed by atoms with Crippen LogP contribution in [-0.4, -0.2) is 11.3 Å². The molecule has 0 amide bonds. The van der Waals surface area contributed by atoms with Gasteiger partial charge in [0.25, 0.3) is 0 Å². The summed E-state index contributed by atoms with van der Waals surface area (Å²) in [5, 5.41) is 10.2. The second-order valence-electron chi connectivity index (χ2n) is 3.42. The number of rotatable bonds is 3. The lowest BCUT2D eigenvalue weighted by Gasteiger charge is -2.14. The quantitative estimate of drug-likeness (QED) is 0.789. The summed E-state index contributed by atoms with van der Waals surface area (Å²) in [5.74, 6) is 0.00671. The Bertz CT molecular complexity index is 315. The van der Waals surface area contributed by atoms with Crippen LogP contribution in [0.4, 0.5) is 0 Å². The van der Waals surface area contributed by atoms with E-state index in [2.05, 4.69) is 0 Å². The van der Waals surface area contributed by atoms with Crippen molar-refractivity contribution in [3.8, 4) is 0 Å². The van der Waals surface area contributed by atoms with Gasteiger partial charge in [0.2, 0.25) is 0 Å². The molecule has 0 bridgehead atoms. The summed E-state index contributed by atoms with van der Waals surface area (Å²) in [6, 6.07) is 5.42. The van der Waals surface area contributed by atoms with E-state index in [1.165, 1.54) is 0 Å². The second-order valence-corrected chi connectivity index (χ2v) is 4.23. The Labute approximate surface area is 93.6 Å². The lowest BCUT2D eigenvalue weighted by molar-refractivity contribution is 0.123. The predicted octanol–water partition coefficient (Wildman–Crippen LogP) is 2.45. The highest BCUT2D eigenvalue weighted by Crippen LogP contribution is 2.23. The molecule has 2 nitrogen and oxygen atoms in total. The van der Waals surface area contributed by atoms with Gasteiger partial charge in [0.15, 0.2) is 0 Å². The van der Waals surface area contributed by atoms with Crippen molar-refractivity contribution in [2.75, 3.05) is 0 Å². The van der Waals surface area contributed by atoms with Gasteiger partial charge in [-0.25, -0.2) is 0 Å². The Morgan fingerprint density at radius 2 is 2.00 bits per heavy atom. The van der Waals surface area contributed by atoms with Crippen molar-refractivity contribution in [2.45, 2.75) is 19.6 Å². The standard InChI is InChI=1S/C10H13Cl2NO/c1-6(10(13)14)4-7-2-3-8(11)9(12)5-7/h2-3,5-6,10,14H,4,13H2,1H3. The fourth-order valence-electron chi connectivity index (χ4n) is 1.16. The summed E-state index contributed by atoms with van der Waals surface area (Å²) < 4.78 is 0. The molecule has 2 atom stereocenters. The summed E-state index contributed by atoms with van der Waals surface area (Å²) in [7, 11) is 0. The fraction of sp³-hybridized carbons (Fsp3) is 0.400. The van der Waals surface area contributed by atoms with Crippen LogP contribution >= 0.6 is 23.2 Å². The van der Waals surface area contributed by atoms with Crippen molar-refractivity contribution in [3.63, 3.8) is 0 Å². The Morgan fingerprint density at radius 1 is 1.36 bits per heavy atom. The summed E-state index contributed by atoms with van der Waals surface area (Å²) >= 11 is 11.6. The molecular formula is C10H13Cl2NO. The van der Waals surface area contributed by atoms with Gasteiger partial charge in [0.1, 0.15) is 6.23 Å². The molecular weight excluding hydrogens is 221 g/mol. The lowest BCUT2D eigenvalue weighted by Crippen LogP contribution is -2.28. The molecule has 1 aromatic carbocycles. The molecule has 4 heteroatoms. The second kappa shape index (κ2) is 4.99. The maximum absolute atomic E-state index is 9.12.